The van der Waals surface area contributed by atoms with Crippen LogP contribution < -0.4 is 5.32 Å². The van der Waals surface area contributed by atoms with Gasteiger partial charge in [0.15, 0.2) is 5.78 Å². The summed E-state index contributed by atoms with van der Waals surface area (Å²) in [4.78, 5) is 10.8. The molecule has 0 amide bonds. The van der Waals surface area contributed by atoms with Crippen LogP contribution in [0.2, 0.25) is 0 Å². The van der Waals surface area contributed by atoms with Gasteiger partial charge < -0.3 is 5.32 Å². The second kappa shape index (κ2) is 3.26. The van der Waals surface area contributed by atoms with E-state index in [1.54, 1.807) is 0 Å². The van der Waals surface area contributed by atoms with Gasteiger partial charge in [-0.1, -0.05) is 12.2 Å². The van der Waals surface area contributed by atoms with E-state index in [0.29, 0.717) is 6.20 Å². The zero-order valence-corrected chi connectivity index (χ0v) is 7.56. The molecule has 0 aromatic rings. The Bertz CT molecular complexity index is 299. The Labute approximate surface area is 81.7 Å². The van der Waals surface area contributed by atoms with Crippen LogP contribution in [0.25, 0.3) is 0 Å². The lowest BCUT2D eigenvalue weighted by Gasteiger charge is -2.20. The summed E-state index contributed by atoms with van der Waals surface area (Å²) in [6.07, 6.45) is -4.16. The van der Waals surface area contributed by atoms with Crippen molar-refractivity contribution in [2.45, 2.75) is 11.6 Å². The first kappa shape index (κ1) is 10.5. The maximum Gasteiger partial charge on any atom is 0.421 e. The molecule has 0 bridgehead atoms. The van der Waals surface area contributed by atoms with Gasteiger partial charge in [-0.15, -0.1) is 11.6 Å². The van der Waals surface area contributed by atoms with Crippen molar-refractivity contribution in [3.8, 4) is 0 Å². The Morgan fingerprint density at radius 3 is 2.54 bits per heavy atom. The molecule has 0 saturated carbocycles. The van der Waals surface area contributed by atoms with E-state index in [2.05, 4.69) is 17.5 Å². The zero-order valence-electron chi connectivity index (χ0n) is 5.98. The topological polar surface area (TPSA) is 29.1 Å². The van der Waals surface area contributed by atoms with Gasteiger partial charge in [-0.2, -0.15) is 13.2 Å². The van der Waals surface area contributed by atoms with E-state index in [1.165, 1.54) is 0 Å². The van der Waals surface area contributed by atoms with Gasteiger partial charge in [0.1, 0.15) is 15.9 Å². The monoisotopic (exact) mass is 229 g/mol. The molecular weight excluding hydrogens is 227 g/mol. The Morgan fingerprint density at radius 1 is 1.54 bits per heavy atom. The molecule has 1 atom stereocenters. The van der Waals surface area contributed by atoms with Crippen molar-refractivity contribution in [1.29, 1.82) is 0 Å². The zero-order chi connectivity index (χ0) is 10.2. The number of ketones is 1. The quantitative estimate of drug-likeness (QED) is 0.505. The number of nitrogens with one attached hydrogen (secondary N) is 1. The van der Waals surface area contributed by atoms with Gasteiger partial charge >= 0.3 is 6.18 Å². The second-order valence-electron chi connectivity index (χ2n) is 2.29. The maximum atomic E-state index is 12.1. The van der Waals surface area contributed by atoms with Crippen LogP contribution in [0.3, 0.4) is 0 Å². The Kier molecular flexibility index (Phi) is 2.63. The molecule has 1 rings (SSSR count). The van der Waals surface area contributed by atoms with Crippen molar-refractivity contribution >= 4 is 34.6 Å². The lowest BCUT2D eigenvalue weighted by molar-refractivity contribution is -0.128. The summed E-state index contributed by atoms with van der Waals surface area (Å²) >= 11 is 9.83. The number of allylic oxidation sites excluding steroid dienone is 1. The van der Waals surface area contributed by atoms with Gasteiger partial charge in [-0.05, 0) is 0 Å². The van der Waals surface area contributed by atoms with Crippen molar-refractivity contribution in [1.82, 2.24) is 5.32 Å². The summed E-state index contributed by atoms with van der Waals surface area (Å²) < 4.78 is 36.2. The molecule has 72 valence electrons. The Morgan fingerprint density at radius 2 is 2.08 bits per heavy atom. The molecule has 0 aromatic carbocycles. The third-order valence-corrected chi connectivity index (χ3v) is 2.29. The minimum atomic E-state index is -4.69. The first-order valence-corrected chi connectivity index (χ1v) is 3.94. The van der Waals surface area contributed by atoms with Crippen molar-refractivity contribution in [3.63, 3.8) is 0 Å². The van der Waals surface area contributed by atoms with Crippen LogP contribution in [0, 0.1) is 0 Å². The molecule has 1 aliphatic rings. The minimum absolute atomic E-state index is 0.111. The highest BCUT2D eigenvalue weighted by Crippen LogP contribution is 2.29. The molecule has 0 saturated heterocycles. The molecule has 0 aromatic heterocycles. The lowest BCUT2D eigenvalue weighted by Crippen LogP contribution is -2.41. The molecule has 0 fully saturated rings. The van der Waals surface area contributed by atoms with E-state index in [9.17, 15) is 18.0 Å². The number of carbonyl (C=O) groups is 1. The molecule has 1 heterocycles. The number of thiocarbonyl (C=S) groups is 1. The Balaban J connectivity index is 3.02. The maximum absolute atomic E-state index is 12.1. The number of alkyl halides is 4. The molecule has 0 aliphatic carbocycles. The van der Waals surface area contributed by atoms with Gasteiger partial charge in [-0.3, -0.25) is 4.79 Å². The standard InChI is InChI=1S/C6H3ClF3NOS/c7-3-4(12)2(6(8,9)10)1-11-5(3)13/h1,3H,(H,11,13). The Hall–Kier alpha value is -0.620. The van der Waals surface area contributed by atoms with E-state index in [-0.39, 0.29) is 4.99 Å². The molecule has 1 unspecified atom stereocenters. The number of halogens is 4. The SMILES string of the molecule is O=C1C(C(F)(F)F)=CNC(=S)C1Cl. The molecule has 0 spiro atoms. The first-order valence-electron chi connectivity index (χ1n) is 3.10. The third-order valence-electron chi connectivity index (χ3n) is 1.39. The third kappa shape index (κ3) is 2.00. The number of rotatable bonds is 0. The molecule has 1 aliphatic heterocycles. The molecular formula is C6H3ClF3NOS. The fraction of sp³-hybridized carbons (Fsp3) is 0.333. The molecule has 2 nitrogen and oxygen atoms in total. The highest BCUT2D eigenvalue weighted by Gasteiger charge is 2.43. The second-order valence-corrected chi connectivity index (χ2v) is 3.17. The fourth-order valence-electron chi connectivity index (χ4n) is 0.765. The smallest absolute Gasteiger partial charge is 0.354 e. The number of hydrogen-bond donors (Lipinski definition) is 1. The van der Waals surface area contributed by atoms with Crippen LogP contribution in [-0.2, 0) is 4.79 Å². The first-order chi connectivity index (χ1) is 5.84. The predicted octanol–water partition coefficient (Wildman–Crippen LogP) is 1.54. The average Bonchev–Trinajstić information content (AvgIpc) is 1.98. The minimum Gasteiger partial charge on any atom is -0.354 e. The molecule has 7 heteroatoms. The van der Waals surface area contributed by atoms with Crippen molar-refractivity contribution < 1.29 is 18.0 Å². The van der Waals surface area contributed by atoms with Crippen LogP contribution in [0.5, 0.6) is 0 Å². The summed E-state index contributed by atoms with van der Waals surface area (Å²) in [5.74, 6) is -1.21. The molecule has 1 N–H and O–H groups in total. The molecule has 0 radical (unpaired) electrons. The van der Waals surface area contributed by atoms with E-state index < -0.39 is 22.9 Å². The van der Waals surface area contributed by atoms with Gasteiger partial charge in [0, 0.05) is 6.20 Å². The number of carbonyl (C=O) groups excluding carboxylic acids is 1. The number of hydrogen-bond acceptors (Lipinski definition) is 2. The largest absolute Gasteiger partial charge is 0.421 e. The van der Waals surface area contributed by atoms with Gasteiger partial charge in [0.2, 0.25) is 0 Å². The lowest BCUT2D eigenvalue weighted by atomic mass is 10.1. The van der Waals surface area contributed by atoms with E-state index in [0.717, 1.165) is 0 Å². The van der Waals surface area contributed by atoms with Crippen molar-refractivity contribution in [3.05, 3.63) is 11.8 Å². The summed E-state index contributed by atoms with van der Waals surface area (Å²) in [5.41, 5.74) is -1.30. The normalized spacial score (nSPS) is 24.0. The highest BCUT2D eigenvalue weighted by atomic mass is 35.5. The number of Topliss-reactive ketones (excluding diaryl/α,β-unsaturated/α-hetero) is 1. The molecule has 13 heavy (non-hydrogen) atoms. The van der Waals surface area contributed by atoms with Crippen LogP contribution in [0.4, 0.5) is 13.2 Å². The van der Waals surface area contributed by atoms with Crippen LogP contribution in [0.1, 0.15) is 0 Å². The van der Waals surface area contributed by atoms with Crippen molar-refractivity contribution in [2.24, 2.45) is 0 Å². The van der Waals surface area contributed by atoms with Crippen LogP contribution >= 0.6 is 23.8 Å². The van der Waals surface area contributed by atoms with Gasteiger partial charge in [0.05, 0.1) is 0 Å². The summed E-state index contributed by atoms with van der Waals surface area (Å²) in [5, 5.41) is 0.696. The van der Waals surface area contributed by atoms with Crippen LogP contribution in [-0.4, -0.2) is 22.3 Å². The van der Waals surface area contributed by atoms with Crippen LogP contribution in [0.15, 0.2) is 11.8 Å². The van der Waals surface area contributed by atoms with E-state index >= 15 is 0 Å². The van der Waals surface area contributed by atoms with E-state index in [1.807, 2.05) is 0 Å². The fourth-order valence-corrected chi connectivity index (χ4v) is 1.11. The van der Waals surface area contributed by atoms with E-state index in [4.69, 9.17) is 11.6 Å². The van der Waals surface area contributed by atoms with Gasteiger partial charge in [-0.25, -0.2) is 0 Å². The summed E-state index contributed by atoms with van der Waals surface area (Å²) in [6, 6.07) is 0. The summed E-state index contributed by atoms with van der Waals surface area (Å²) in [7, 11) is 0. The average molecular weight is 230 g/mol. The van der Waals surface area contributed by atoms with Crippen molar-refractivity contribution in [2.75, 3.05) is 0 Å². The van der Waals surface area contributed by atoms with Gasteiger partial charge in [0.25, 0.3) is 0 Å². The predicted molar refractivity (Wildman–Crippen MR) is 44.5 cm³/mol. The highest BCUT2D eigenvalue weighted by molar-refractivity contribution is 7.80. The summed E-state index contributed by atoms with van der Waals surface area (Å²) in [6.45, 7) is 0.